The van der Waals surface area contributed by atoms with E-state index < -0.39 is 23.2 Å². The summed E-state index contributed by atoms with van der Waals surface area (Å²) < 4.78 is 32.6. The lowest BCUT2D eigenvalue weighted by atomic mass is 10.1. The molecular formula is C16H10ClF2NO2. The fourth-order valence-electron chi connectivity index (χ4n) is 2.21. The van der Waals surface area contributed by atoms with Crippen LogP contribution in [0, 0.1) is 18.6 Å². The zero-order valence-electron chi connectivity index (χ0n) is 11.4. The number of para-hydroxylation sites is 2. The second-order valence-electron chi connectivity index (χ2n) is 4.72. The Morgan fingerprint density at radius 3 is 2.41 bits per heavy atom. The quantitative estimate of drug-likeness (QED) is 0.727. The number of carbonyl (C=O) groups excluding carboxylic acids is 1. The van der Waals surface area contributed by atoms with Gasteiger partial charge in [-0.2, -0.15) is 0 Å². The highest BCUT2D eigenvalue weighted by Gasteiger charge is 2.21. The molecule has 0 unspecified atom stereocenters. The lowest BCUT2D eigenvalue weighted by Gasteiger charge is -2.06. The van der Waals surface area contributed by atoms with E-state index in [2.05, 4.69) is 5.32 Å². The van der Waals surface area contributed by atoms with Crippen molar-refractivity contribution in [3.05, 3.63) is 64.4 Å². The molecule has 0 spiro atoms. The summed E-state index contributed by atoms with van der Waals surface area (Å²) in [4.78, 5) is 12.2. The van der Waals surface area contributed by atoms with Gasteiger partial charge in [0.05, 0.1) is 5.02 Å². The summed E-state index contributed by atoms with van der Waals surface area (Å²) in [6.45, 7) is 1.68. The Labute approximate surface area is 129 Å². The van der Waals surface area contributed by atoms with Crippen LogP contribution >= 0.6 is 11.6 Å². The van der Waals surface area contributed by atoms with Crippen LogP contribution in [-0.2, 0) is 0 Å². The summed E-state index contributed by atoms with van der Waals surface area (Å²) in [5, 5.41) is 3.22. The number of hydrogen-bond donors (Lipinski definition) is 1. The van der Waals surface area contributed by atoms with E-state index in [-0.39, 0.29) is 5.76 Å². The van der Waals surface area contributed by atoms with Crippen molar-refractivity contribution in [2.24, 2.45) is 0 Å². The molecular weight excluding hydrogens is 312 g/mol. The Kier molecular flexibility index (Phi) is 3.58. The highest BCUT2D eigenvalue weighted by molar-refractivity contribution is 6.35. The number of hydrogen-bond acceptors (Lipinski definition) is 2. The van der Waals surface area contributed by atoms with Gasteiger partial charge in [-0.05, 0) is 25.1 Å². The van der Waals surface area contributed by atoms with Crippen LogP contribution in [0.1, 0.15) is 16.1 Å². The summed E-state index contributed by atoms with van der Waals surface area (Å²) in [5.41, 5.74) is 0.394. The van der Waals surface area contributed by atoms with Crippen molar-refractivity contribution in [3.8, 4) is 0 Å². The van der Waals surface area contributed by atoms with Gasteiger partial charge in [-0.15, -0.1) is 0 Å². The van der Waals surface area contributed by atoms with E-state index in [0.717, 1.165) is 12.1 Å². The van der Waals surface area contributed by atoms with Crippen molar-refractivity contribution in [2.45, 2.75) is 6.92 Å². The van der Waals surface area contributed by atoms with Crippen LogP contribution in [0.5, 0.6) is 0 Å². The Balaban J connectivity index is 2.03. The van der Waals surface area contributed by atoms with Gasteiger partial charge in [0, 0.05) is 10.9 Å². The molecule has 1 amide bonds. The number of rotatable bonds is 2. The minimum Gasteiger partial charge on any atom is -0.449 e. The Morgan fingerprint density at radius 2 is 1.77 bits per heavy atom. The molecule has 0 atom stereocenters. The molecule has 3 aromatic rings. The molecule has 112 valence electrons. The lowest BCUT2D eigenvalue weighted by Crippen LogP contribution is -2.14. The third-order valence-electron chi connectivity index (χ3n) is 3.32. The molecule has 0 aliphatic carbocycles. The number of aryl methyl sites for hydroxylation is 1. The lowest BCUT2D eigenvalue weighted by molar-refractivity contribution is 0.0997. The summed E-state index contributed by atoms with van der Waals surface area (Å²) in [6.07, 6.45) is 0. The number of fused-ring (bicyclic) bond motifs is 1. The summed E-state index contributed by atoms with van der Waals surface area (Å²) in [6, 6.07) is 8.44. The van der Waals surface area contributed by atoms with Crippen LogP contribution in [0.2, 0.25) is 5.02 Å². The van der Waals surface area contributed by atoms with Crippen molar-refractivity contribution >= 4 is 34.2 Å². The van der Waals surface area contributed by atoms with Crippen molar-refractivity contribution in [2.75, 3.05) is 5.32 Å². The molecule has 1 N–H and O–H groups in total. The van der Waals surface area contributed by atoms with Crippen LogP contribution in [-0.4, -0.2) is 5.91 Å². The van der Waals surface area contributed by atoms with Gasteiger partial charge in [0.2, 0.25) is 0 Å². The van der Waals surface area contributed by atoms with E-state index in [0.29, 0.717) is 21.6 Å². The molecule has 6 heteroatoms. The number of benzene rings is 2. The van der Waals surface area contributed by atoms with Crippen LogP contribution in [0.4, 0.5) is 14.5 Å². The Morgan fingerprint density at radius 1 is 1.14 bits per heavy atom. The monoisotopic (exact) mass is 321 g/mol. The van der Waals surface area contributed by atoms with Gasteiger partial charge >= 0.3 is 0 Å². The molecule has 0 aliphatic heterocycles. The summed E-state index contributed by atoms with van der Waals surface area (Å²) >= 11 is 6.01. The van der Waals surface area contributed by atoms with Crippen LogP contribution in [0.15, 0.2) is 40.8 Å². The topological polar surface area (TPSA) is 42.2 Å². The molecule has 0 aliphatic rings. The van der Waals surface area contributed by atoms with E-state index in [1.807, 2.05) is 0 Å². The zero-order valence-corrected chi connectivity index (χ0v) is 12.2. The number of amides is 1. The highest BCUT2D eigenvalue weighted by Crippen LogP contribution is 2.31. The van der Waals surface area contributed by atoms with Crippen LogP contribution in [0.25, 0.3) is 11.0 Å². The normalized spacial score (nSPS) is 10.9. The van der Waals surface area contributed by atoms with Crippen molar-refractivity contribution in [1.82, 2.24) is 0 Å². The maximum Gasteiger partial charge on any atom is 0.291 e. The minimum atomic E-state index is -0.861. The number of halogens is 3. The molecule has 3 rings (SSSR count). The predicted molar refractivity (Wildman–Crippen MR) is 80.3 cm³/mol. The van der Waals surface area contributed by atoms with Crippen LogP contribution in [0.3, 0.4) is 0 Å². The average molecular weight is 322 g/mol. The fraction of sp³-hybridized carbons (Fsp3) is 0.0625. The van der Waals surface area contributed by atoms with Crippen LogP contribution < -0.4 is 5.32 Å². The third kappa shape index (κ3) is 2.33. The zero-order chi connectivity index (χ0) is 15.9. The van der Waals surface area contributed by atoms with E-state index in [1.54, 1.807) is 25.1 Å². The first kappa shape index (κ1) is 14.5. The highest BCUT2D eigenvalue weighted by atomic mass is 35.5. The van der Waals surface area contributed by atoms with Gasteiger partial charge in [0.25, 0.3) is 5.91 Å². The number of anilines is 1. The fourth-order valence-corrected chi connectivity index (χ4v) is 2.43. The smallest absolute Gasteiger partial charge is 0.291 e. The maximum atomic E-state index is 13.6. The SMILES string of the molecule is Cc1c(C(=O)Nc2c(F)cccc2F)oc2c(Cl)cccc12. The Bertz CT molecular complexity index is 869. The number of nitrogens with one attached hydrogen (secondary N) is 1. The van der Waals surface area contributed by atoms with Crippen molar-refractivity contribution in [1.29, 1.82) is 0 Å². The first-order valence-corrected chi connectivity index (χ1v) is 6.80. The number of furan rings is 1. The molecule has 1 heterocycles. The third-order valence-corrected chi connectivity index (χ3v) is 3.62. The van der Waals surface area contributed by atoms with Crippen molar-refractivity contribution < 1.29 is 18.0 Å². The van der Waals surface area contributed by atoms with Gasteiger partial charge in [-0.3, -0.25) is 4.79 Å². The predicted octanol–water partition coefficient (Wildman–Crippen LogP) is 4.93. The second kappa shape index (κ2) is 5.42. The van der Waals surface area contributed by atoms with Gasteiger partial charge in [0.15, 0.2) is 11.3 Å². The van der Waals surface area contributed by atoms with E-state index in [1.165, 1.54) is 6.07 Å². The molecule has 0 fully saturated rings. The van der Waals surface area contributed by atoms with Gasteiger partial charge in [-0.25, -0.2) is 8.78 Å². The molecule has 0 saturated heterocycles. The molecule has 1 aromatic heterocycles. The number of carbonyl (C=O) groups is 1. The van der Waals surface area contributed by atoms with Gasteiger partial charge in [-0.1, -0.05) is 29.8 Å². The molecule has 0 saturated carbocycles. The minimum absolute atomic E-state index is 0.0363. The maximum absolute atomic E-state index is 13.6. The van der Waals surface area contributed by atoms with Gasteiger partial charge < -0.3 is 9.73 Å². The van der Waals surface area contributed by atoms with E-state index >= 15 is 0 Å². The molecule has 2 aromatic carbocycles. The van der Waals surface area contributed by atoms with Crippen molar-refractivity contribution in [3.63, 3.8) is 0 Å². The van der Waals surface area contributed by atoms with E-state index in [4.69, 9.17) is 16.0 Å². The molecule has 0 bridgehead atoms. The molecule has 3 nitrogen and oxygen atoms in total. The molecule has 0 radical (unpaired) electrons. The van der Waals surface area contributed by atoms with E-state index in [9.17, 15) is 13.6 Å². The summed E-state index contributed by atoms with van der Waals surface area (Å²) in [5.74, 6) is -2.50. The summed E-state index contributed by atoms with van der Waals surface area (Å²) in [7, 11) is 0. The standard InChI is InChI=1S/C16H10ClF2NO2/c1-8-9-4-2-5-10(17)15(9)22-14(8)16(21)20-13-11(18)6-3-7-12(13)19/h2-7H,1H3,(H,20,21). The first-order valence-electron chi connectivity index (χ1n) is 6.42. The van der Waals surface area contributed by atoms with Gasteiger partial charge in [0.1, 0.15) is 17.3 Å². The second-order valence-corrected chi connectivity index (χ2v) is 5.13. The Hall–Kier alpha value is -2.40. The molecule has 22 heavy (non-hydrogen) atoms. The first-order chi connectivity index (χ1) is 10.5. The largest absolute Gasteiger partial charge is 0.449 e. The average Bonchev–Trinajstić information content (AvgIpc) is 2.82.